The van der Waals surface area contributed by atoms with E-state index in [1.54, 1.807) is 23.6 Å². The van der Waals surface area contributed by atoms with Crippen LogP contribution in [0.2, 0.25) is 0 Å². The number of aliphatic hydroxyl groups is 1. The molecule has 2 N–H and O–H groups in total. The molecular weight excluding hydrogens is 686 g/mol. The first-order valence-electron chi connectivity index (χ1n) is 17.2. The molecule has 12 nitrogen and oxygen atoms in total. The summed E-state index contributed by atoms with van der Waals surface area (Å²) < 4.78 is 79.5. The first-order chi connectivity index (χ1) is 23.9. The van der Waals surface area contributed by atoms with Gasteiger partial charge in [-0.15, -0.1) is 0 Å². The molecule has 51 heavy (non-hydrogen) atoms. The summed E-state index contributed by atoms with van der Waals surface area (Å²) in [4.78, 5) is 45.2. The smallest absolute Gasteiger partial charge is 0.433 e. The summed E-state index contributed by atoms with van der Waals surface area (Å²) >= 11 is 0. The monoisotopic (exact) mass is 726 g/mol. The van der Waals surface area contributed by atoms with Crippen LogP contribution in [0.3, 0.4) is 0 Å². The summed E-state index contributed by atoms with van der Waals surface area (Å²) in [6, 6.07) is 1.83. The topological polar surface area (TPSA) is 139 Å². The van der Waals surface area contributed by atoms with Crippen molar-refractivity contribution in [2.24, 2.45) is 35.5 Å². The van der Waals surface area contributed by atoms with Gasteiger partial charge >= 0.3 is 18.3 Å². The Morgan fingerprint density at radius 2 is 1.20 bits per heavy atom. The average Bonchev–Trinajstić information content (AvgIpc) is 3.65. The number of aliphatic hydroxyl groups excluding tert-OH is 1. The number of aliphatic carboxylic acids is 1. The van der Waals surface area contributed by atoms with E-state index in [1.165, 1.54) is 0 Å². The van der Waals surface area contributed by atoms with Crippen LogP contribution >= 0.6 is 0 Å². The van der Waals surface area contributed by atoms with Crippen LogP contribution < -0.4 is 19.6 Å². The van der Waals surface area contributed by atoms with Crippen molar-refractivity contribution >= 4 is 35.3 Å². The van der Waals surface area contributed by atoms with Crippen molar-refractivity contribution < 1.29 is 46.1 Å². The normalized spacial score (nSPS) is 32.0. The third kappa shape index (κ3) is 6.99. The van der Waals surface area contributed by atoms with Crippen LogP contribution in [0.5, 0.6) is 0 Å². The van der Waals surface area contributed by atoms with E-state index >= 15 is 0 Å². The van der Waals surface area contributed by atoms with Gasteiger partial charge in [-0.05, 0) is 62.7 Å². The lowest BCUT2D eigenvalue weighted by molar-refractivity contribution is -0.141. The van der Waals surface area contributed by atoms with Gasteiger partial charge < -0.3 is 34.6 Å². The number of ketones is 1. The lowest BCUT2D eigenvalue weighted by atomic mass is 10.0. The van der Waals surface area contributed by atoms with Crippen molar-refractivity contribution in [1.29, 1.82) is 0 Å². The molecule has 2 aromatic heterocycles. The Bertz CT molecular complexity index is 1670. The average molecular weight is 727 g/mol. The second kappa shape index (κ2) is 12.6. The van der Waals surface area contributed by atoms with Gasteiger partial charge in [-0.2, -0.15) is 36.3 Å². The minimum atomic E-state index is -4.56. The number of hydrogen-bond donors (Lipinski definition) is 2. The fraction of sp³-hybridized carbons (Fsp3) is 0.697. The van der Waals surface area contributed by atoms with E-state index in [9.17, 15) is 41.0 Å². The Labute approximate surface area is 289 Å². The van der Waals surface area contributed by atoms with E-state index in [2.05, 4.69) is 19.9 Å². The van der Waals surface area contributed by atoms with Crippen molar-refractivity contribution in [3.63, 3.8) is 0 Å². The maximum absolute atomic E-state index is 13.3. The molecule has 2 aromatic rings. The number of carboxylic acids is 1. The number of halogens is 6. The van der Waals surface area contributed by atoms with Crippen molar-refractivity contribution in [1.82, 2.24) is 19.9 Å². The second-order valence-electron chi connectivity index (χ2n) is 14.9. The summed E-state index contributed by atoms with van der Waals surface area (Å²) in [6.45, 7) is 8.49. The summed E-state index contributed by atoms with van der Waals surface area (Å²) in [5.74, 6) is 1.74. The largest absolute Gasteiger partial charge is 0.481 e. The fourth-order valence-corrected chi connectivity index (χ4v) is 8.19. The van der Waals surface area contributed by atoms with Crippen molar-refractivity contribution in [3.8, 4) is 0 Å². The van der Waals surface area contributed by atoms with E-state index in [0.717, 1.165) is 18.6 Å². The number of aromatic nitrogens is 4. The molecule has 4 aliphatic heterocycles. The minimum Gasteiger partial charge on any atom is -0.481 e. The summed E-state index contributed by atoms with van der Waals surface area (Å²) in [6.07, 6.45) is -8.05. The van der Waals surface area contributed by atoms with Crippen LogP contribution in [0.1, 0.15) is 51.4 Å². The summed E-state index contributed by atoms with van der Waals surface area (Å²) in [5.41, 5.74) is -1.89. The number of carbonyl (C=O) groups is 2. The van der Waals surface area contributed by atoms with E-state index in [0.29, 0.717) is 56.9 Å². The SMILES string of the molecule is CC(=O)CC1[C@H]2CN(c3cc(C(F)(F)F)nc(N4C[C@@H](O)[C@@H]4C)n3)C[C@@H]12.C[C@H]1CCN1c1nc(N2C[C@@H]3C(CC(=O)O)[C@@H]3C2)cc(C(F)(F)F)n1. The Hall–Kier alpha value is -3.96. The molecule has 0 amide bonds. The number of carbonyl (C=O) groups excluding carboxylic acids is 1. The maximum atomic E-state index is 13.3. The van der Waals surface area contributed by atoms with Gasteiger partial charge in [-0.3, -0.25) is 4.79 Å². The van der Waals surface area contributed by atoms with E-state index in [4.69, 9.17) is 5.11 Å². The standard InChI is InChI=1S/C17H21F3N4O2.C16H19F3N4O2/c1-8(25)3-10-11-5-23(6-12(10)11)15-4-14(17(18,19)20)21-16(22-15)24-7-13(26)9(24)2;1-8-2-3-23(8)15-20-12(16(17,18)19)5-13(21-15)22-6-10-9(4-14(24)25)11(10)7-22/h4,9-13,26H,3,5-7H2,1-2H3;5,8-11H,2-4,6-7H2,1H3,(H,24,25)/t9-,10?,11-,12+,13+;8-,9?,10-,11+/m00/s1. The van der Waals surface area contributed by atoms with Crippen LogP contribution in [0, 0.1) is 35.5 Å². The molecule has 4 saturated heterocycles. The Morgan fingerprint density at radius 3 is 1.53 bits per heavy atom. The second-order valence-corrected chi connectivity index (χ2v) is 14.9. The van der Waals surface area contributed by atoms with Crippen LogP contribution in [-0.4, -0.2) is 99.4 Å². The number of β-amino-alcohol motifs (C(OH)–C–C–N with tert-alkyl or cyclic N) is 1. The number of hydrogen-bond acceptors (Lipinski definition) is 11. The molecule has 6 heterocycles. The molecule has 0 aromatic carbocycles. The number of Topliss-reactive ketones (excluding diaryl/α,β-unsaturated/α-hetero) is 1. The van der Waals surface area contributed by atoms with E-state index in [1.807, 2.05) is 16.7 Å². The van der Waals surface area contributed by atoms with Gasteiger partial charge in [-0.1, -0.05) is 0 Å². The molecule has 8 rings (SSSR count). The van der Waals surface area contributed by atoms with Crippen LogP contribution in [0.4, 0.5) is 49.9 Å². The van der Waals surface area contributed by atoms with Crippen LogP contribution in [-0.2, 0) is 21.9 Å². The van der Waals surface area contributed by atoms with Gasteiger partial charge in [0.1, 0.15) is 17.4 Å². The zero-order valence-electron chi connectivity index (χ0n) is 28.3. The number of anilines is 4. The van der Waals surface area contributed by atoms with Crippen molar-refractivity contribution in [2.45, 2.75) is 70.6 Å². The van der Waals surface area contributed by atoms with Gasteiger partial charge in [0.2, 0.25) is 11.9 Å². The number of piperidine rings is 2. The number of alkyl halides is 6. The predicted molar refractivity (Wildman–Crippen MR) is 171 cm³/mol. The third-order valence-electron chi connectivity index (χ3n) is 11.6. The summed E-state index contributed by atoms with van der Waals surface area (Å²) in [7, 11) is 0. The highest BCUT2D eigenvalue weighted by atomic mass is 19.4. The number of nitrogens with zero attached hydrogens (tertiary/aromatic N) is 8. The number of rotatable bonds is 8. The molecule has 6 fully saturated rings. The number of carboxylic acid groups (broad SMARTS) is 1. The predicted octanol–water partition coefficient (Wildman–Crippen LogP) is 3.98. The summed E-state index contributed by atoms with van der Waals surface area (Å²) in [5, 5.41) is 18.5. The van der Waals surface area contributed by atoms with Gasteiger partial charge in [-0.25, -0.2) is 9.97 Å². The molecular formula is C33H40F6N8O4. The fourth-order valence-electron chi connectivity index (χ4n) is 8.19. The van der Waals surface area contributed by atoms with Crippen molar-refractivity contribution in [3.05, 3.63) is 23.5 Å². The van der Waals surface area contributed by atoms with E-state index < -0.39 is 35.8 Å². The van der Waals surface area contributed by atoms with Gasteiger partial charge in [0.25, 0.3) is 0 Å². The highest BCUT2D eigenvalue weighted by Gasteiger charge is 2.57. The maximum Gasteiger partial charge on any atom is 0.433 e. The molecule has 278 valence electrons. The number of fused-ring (bicyclic) bond motifs is 2. The zero-order chi connectivity index (χ0) is 36.7. The van der Waals surface area contributed by atoms with Crippen LogP contribution in [0.25, 0.3) is 0 Å². The van der Waals surface area contributed by atoms with E-state index in [-0.39, 0.29) is 72.1 Å². The van der Waals surface area contributed by atoms with Crippen molar-refractivity contribution in [2.75, 3.05) is 58.9 Å². The van der Waals surface area contributed by atoms with Gasteiger partial charge in [0, 0.05) is 70.3 Å². The molecule has 0 bridgehead atoms. The lowest BCUT2D eigenvalue weighted by Crippen LogP contribution is -2.59. The highest BCUT2D eigenvalue weighted by molar-refractivity contribution is 5.76. The first-order valence-corrected chi connectivity index (χ1v) is 17.2. The molecule has 0 radical (unpaired) electrons. The molecule has 18 heteroatoms. The molecule has 2 saturated carbocycles. The highest BCUT2D eigenvalue weighted by Crippen LogP contribution is 2.55. The van der Waals surface area contributed by atoms with Crippen LogP contribution in [0.15, 0.2) is 12.1 Å². The lowest BCUT2D eigenvalue weighted by Gasteiger charge is -2.43. The molecule has 6 aliphatic rings. The molecule has 9 atom stereocenters. The minimum absolute atomic E-state index is 0.00786. The Kier molecular flexibility index (Phi) is 8.77. The molecule has 0 spiro atoms. The third-order valence-corrected chi connectivity index (χ3v) is 11.6. The zero-order valence-corrected chi connectivity index (χ0v) is 28.3. The quantitative estimate of drug-likeness (QED) is 0.381. The first kappa shape index (κ1) is 35.4. The molecule has 2 aliphatic carbocycles. The molecule has 2 unspecified atom stereocenters. The van der Waals surface area contributed by atoms with Gasteiger partial charge in [0.15, 0.2) is 11.4 Å². The Balaban J connectivity index is 0.000000159. The Morgan fingerprint density at radius 1 is 0.745 bits per heavy atom. The van der Waals surface area contributed by atoms with Gasteiger partial charge in [0.05, 0.1) is 12.1 Å².